The van der Waals surface area contributed by atoms with Gasteiger partial charge in [-0.15, -0.1) is 0 Å². The van der Waals surface area contributed by atoms with Crippen molar-refractivity contribution in [3.8, 4) is 0 Å². The lowest BCUT2D eigenvalue weighted by Gasteiger charge is -2.31. The molecular weight excluding hydrogens is 296 g/mol. The Labute approximate surface area is 134 Å². The zero-order valence-corrected chi connectivity index (χ0v) is 12.6. The minimum atomic E-state index is -0.854. The summed E-state index contributed by atoms with van der Waals surface area (Å²) in [6, 6.07) is 9.32. The molecule has 2 aliphatic rings. The topological polar surface area (TPSA) is 69.7 Å². The molecule has 0 spiro atoms. The summed E-state index contributed by atoms with van der Waals surface area (Å²) in [6.45, 7) is 0.135. The molecule has 5 nitrogen and oxygen atoms in total. The van der Waals surface area contributed by atoms with Crippen molar-refractivity contribution >= 4 is 17.7 Å². The summed E-state index contributed by atoms with van der Waals surface area (Å²) in [7, 11) is 0. The fourth-order valence-corrected chi connectivity index (χ4v) is 3.17. The normalized spacial score (nSPS) is 26.9. The first-order chi connectivity index (χ1) is 11.1. The average Bonchev–Trinajstić information content (AvgIpc) is 3.00. The average molecular weight is 314 g/mol. The van der Waals surface area contributed by atoms with Crippen LogP contribution < -0.4 is 0 Å². The van der Waals surface area contributed by atoms with Gasteiger partial charge in [-0.05, 0) is 24.5 Å². The number of ether oxygens (including phenoxy) is 2. The zero-order valence-electron chi connectivity index (χ0n) is 12.6. The van der Waals surface area contributed by atoms with Gasteiger partial charge in [-0.1, -0.05) is 30.3 Å². The maximum absolute atomic E-state index is 12.4. The number of ketones is 1. The van der Waals surface area contributed by atoms with Crippen LogP contribution >= 0.6 is 0 Å². The van der Waals surface area contributed by atoms with E-state index in [4.69, 9.17) is 9.47 Å². The summed E-state index contributed by atoms with van der Waals surface area (Å²) in [5.74, 6) is -2.27. The van der Waals surface area contributed by atoms with Gasteiger partial charge >= 0.3 is 11.9 Å². The summed E-state index contributed by atoms with van der Waals surface area (Å²) in [5, 5.41) is 0. The molecule has 0 radical (unpaired) electrons. The van der Waals surface area contributed by atoms with Crippen molar-refractivity contribution in [2.75, 3.05) is 0 Å². The molecule has 1 saturated carbocycles. The molecule has 0 N–H and O–H groups in total. The van der Waals surface area contributed by atoms with Crippen LogP contribution in [0.1, 0.15) is 24.8 Å². The minimum Gasteiger partial charge on any atom is -0.460 e. The van der Waals surface area contributed by atoms with Crippen LogP contribution in [0.4, 0.5) is 0 Å². The van der Waals surface area contributed by atoms with Crippen LogP contribution in [0.2, 0.25) is 0 Å². The molecule has 23 heavy (non-hydrogen) atoms. The van der Waals surface area contributed by atoms with Gasteiger partial charge < -0.3 is 9.47 Å². The van der Waals surface area contributed by atoms with E-state index in [9.17, 15) is 14.4 Å². The molecule has 1 aliphatic heterocycles. The lowest BCUT2D eigenvalue weighted by Crippen LogP contribution is -2.41. The van der Waals surface area contributed by atoms with Gasteiger partial charge in [-0.25, -0.2) is 4.79 Å². The number of hydrogen-bond donors (Lipinski definition) is 0. The highest BCUT2D eigenvalue weighted by Crippen LogP contribution is 2.34. The standard InChI is InChI=1S/C18H18O5/c19-14-8-4-7-13(15-9-10-16(20)23-15)17(14)18(21)22-11-12-5-2-1-3-6-12/h1-3,5-6,9-10,13,15,17H,4,7-8,11H2/t13-,15-,17?/m0/s1. The summed E-state index contributed by atoms with van der Waals surface area (Å²) in [4.78, 5) is 35.9. The largest absolute Gasteiger partial charge is 0.460 e. The highest BCUT2D eigenvalue weighted by atomic mass is 16.5. The molecule has 1 unspecified atom stereocenters. The SMILES string of the molecule is O=C1C=C[C@@H]([C@@H]2CCCC(=O)C2C(=O)OCc2ccccc2)O1. The molecule has 1 heterocycles. The Morgan fingerprint density at radius 1 is 1.22 bits per heavy atom. The van der Waals surface area contributed by atoms with Gasteiger partial charge in [0.25, 0.3) is 0 Å². The van der Waals surface area contributed by atoms with E-state index in [1.807, 2.05) is 30.3 Å². The Bertz CT molecular complexity index is 634. The van der Waals surface area contributed by atoms with E-state index < -0.39 is 24.0 Å². The number of benzene rings is 1. The first-order valence-corrected chi connectivity index (χ1v) is 7.77. The minimum absolute atomic E-state index is 0.129. The third kappa shape index (κ3) is 3.50. The molecule has 1 aliphatic carbocycles. The second-order valence-electron chi connectivity index (χ2n) is 5.85. The number of carbonyl (C=O) groups excluding carboxylic acids is 3. The lowest BCUT2D eigenvalue weighted by molar-refractivity contribution is -0.161. The third-order valence-electron chi connectivity index (χ3n) is 4.31. The summed E-state index contributed by atoms with van der Waals surface area (Å²) in [5.41, 5.74) is 0.868. The Hall–Kier alpha value is -2.43. The number of esters is 2. The lowest BCUT2D eigenvalue weighted by atomic mass is 9.75. The van der Waals surface area contributed by atoms with E-state index in [1.165, 1.54) is 6.08 Å². The first kappa shape index (κ1) is 15.5. The van der Waals surface area contributed by atoms with Crippen LogP contribution in [0.25, 0.3) is 0 Å². The van der Waals surface area contributed by atoms with Crippen molar-refractivity contribution in [3.63, 3.8) is 0 Å². The van der Waals surface area contributed by atoms with E-state index in [1.54, 1.807) is 6.08 Å². The predicted molar refractivity (Wildman–Crippen MR) is 81.1 cm³/mol. The molecule has 120 valence electrons. The van der Waals surface area contributed by atoms with Crippen molar-refractivity contribution in [3.05, 3.63) is 48.0 Å². The van der Waals surface area contributed by atoms with E-state index in [-0.39, 0.29) is 18.3 Å². The fourth-order valence-electron chi connectivity index (χ4n) is 3.17. The number of Topliss-reactive ketones (excluding diaryl/α,β-unsaturated/α-hetero) is 1. The fraction of sp³-hybridized carbons (Fsp3) is 0.389. The van der Waals surface area contributed by atoms with Crippen LogP contribution in [0.15, 0.2) is 42.5 Å². The van der Waals surface area contributed by atoms with Gasteiger partial charge in [-0.3, -0.25) is 9.59 Å². The van der Waals surface area contributed by atoms with Crippen molar-refractivity contribution < 1.29 is 23.9 Å². The maximum atomic E-state index is 12.4. The van der Waals surface area contributed by atoms with Crippen molar-refractivity contribution in [2.45, 2.75) is 32.0 Å². The second kappa shape index (κ2) is 6.77. The maximum Gasteiger partial charge on any atom is 0.331 e. The number of hydrogen-bond acceptors (Lipinski definition) is 5. The van der Waals surface area contributed by atoms with Gasteiger partial charge in [0.2, 0.25) is 0 Å². The van der Waals surface area contributed by atoms with Crippen LogP contribution in [-0.2, 0) is 30.5 Å². The van der Waals surface area contributed by atoms with Gasteiger partial charge in [0.15, 0.2) is 0 Å². The Kier molecular flexibility index (Phi) is 4.55. The van der Waals surface area contributed by atoms with E-state index in [0.29, 0.717) is 19.3 Å². The van der Waals surface area contributed by atoms with Gasteiger partial charge in [0.05, 0.1) is 0 Å². The predicted octanol–water partition coefficient (Wildman–Crippen LogP) is 2.20. The van der Waals surface area contributed by atoms with Crippen molar-refractivity contribution in [1.29, 1.82) is 0 Å². The molecule has 1 aromatic carbocycles. The van der Waals surface area contributed by atoms with Crippen LogP contribution in [-0.4, -0.2) is 23.8 Å². The smallest absolute Gasteiger partial charge is 0.331 e. The van der Waals surface area contributed by atoms with Gasteiger partial charge in [0.1, 0.15) is 24.4 Å². The van der Waals surface area contributed by atoms with E-state index >= 15 is 0 Å². The highest BCUT2D eigenvalue weighted by molar-refractivity contribution is 6.00. The number of carbonyl (C=O) groups is 3. The highest BCUT2D eigenvalue weighted by Gasteiger charge is 2.44. The van der Waals surface area contributed by atoms with Crippen molar-refractivity contribution in [1.82, 2.24) is 0 Å². The Morgan fingerprint density at radius 3 is 2.70 bits per heavy atom. The third-order valence-corrected chi connectivity index (χ3v) is 4.31. The summed E-state index contributed by atoms with van der Waals surface area (Å²) < 4.78 is 10.5. The molecule has 3 atom stereocenters. The van der Waals surface area contributed by atoms with Gasteiger partial charge in [0, 0.05) is 18.4 Å². The Balaban J connectivity index is 1.68. The summed E-state index contributed by atoms with van der Waals surface area (Å²) in [6.07, 6.45) is 4.19. The monoisotopic (exact) mass is 314 g/mol. The van der Waals surface area contributed by atoms with Gasteiger partial charge in [-0.2, -0.15) is 0 Å². The van der Waals surface area contributed by atoms with E-state index in [0.717, 1.165) is 5.56 Å². The molecule has 0 bridgehead atoms. The second-order valence-corrected chi connectivity index (χ2v) is 5.85. The van der Waals surface area contributed by atoms with Crippen LogP contribution in [0.3, 0.4) is 0 Å². The first-order valence-electron chi connectivity index (χ1n) is 7.77. The summed E-state index contributed by atoms with van der Waals surface area (Å²) >= 11 is 0. The molecule has 5 heteroatoms. The zero-order chi connectivity index (χ0) is 16.2. The molecule has 1 aromatic rings. The van der Waals surface area contributed by atoms with Crippen molar-refractivity contribution in [2.24, 2.45) is 11.8 Å². The molecule has 0 aromatic heterocycles. The number of rotatable bonds is 4. The molecule has 0 saturated heterocycles. The molecular formula is C18H18O5. The van der Waals surface area contributed by atoms with E-state index in [2.05, 4.69) is 0 Å². The molecule has 1 fully saturated rings. The number of cyclic esters (lactones) is 1. The van der Waals surface area contributed by atoms with Crippen LogP contribution in [0, 0.1) is 11.8 Å². The Morgan fingerprint density at radius 2 is 2.00 bits per heavy atom. The van der Waals surface area contributed by atoms with Crippen LogP contribution in [0.5, 0.6) is 0 Å². The molecule has 3 rings (SSSR count). The quantitative estimate of drug-likeness (QED) is 0.629. The molecule has 0 amide bonds.